The molecule has 0 spiro atoms. The Morgan fingerprint density at radius 1 is 1.67 bits per heavy atom. The second kappa shape index (κ2) is 7.44. The first-order chi connectivity index (χ1) is 7.38. The van der Waals surface area contributed by atoms with Gasteiger partial charge in [0.15, 0.2) is 0 Å². The third kappa shape index (κ3) is 4.46. The first-order valence-electron chi connectivity index (χ1n) is 5.16. The van der Waals surface area contributed by atoms with Gasteiger partial charge in [-0.3, -0.25) is 0 Å². The number of terminal acetylenes is 1. The van der Waals surface area contributed by atoms with Gasteiger partial charge in [-0.25, -0.2) is 0 Å². The molecular weight excluding hydrogens is 206 g/mol. The van der Waals surface area contributed by atoms with E-state index in [0.29, 0.717) is 6.04 Å². The van der Waals surface area contributed by atoms with E-state index in [-0.39, 0.29) is 0 Å². The highest BCUT2D eigenvalue weighted by Gasteiger charge is 2.10. The fraction of sp³-hybridized carbons (Fsp3) is 0.500. The average molecular weight is 223 g/mol. The maximum Gasteiger partial charge on any atom is 0.120 e. The fourth-order valence-corrected chi connectivity index (χ4v) is 1.90. The Morgan fingerprint density at radius 3 is 3.13 bits per heavy atom. The smallest absolute Gasteiger partial charge is 0.120 e. The van der Waals surface area contributed by atoms with E-state index in [1.807, 2.05) is 12.1 Å². The van der Waals surface area contributed by atoms with Crippen molar-refractivity contribution in [3.05, 3.63) is 24.2 Å². The molecule has 0 fully saturated rings. The number of thioether (sulfide) groups is 1. The molecule has 1 heterocycles. The molecule has 0 aliphatic rings. The predicted octanol–water partition coefficient (Wildman–Crippen LogP) is 2.69. The standard InChI is InChI=1S/C12H17NOS/c1-3-9-15-10-7-13-11(4-2)12-6-5-8-14-12/h1,5-6,8,11,13H,4,7,9-10H2,2H3. The van der Waals surface area contributed by atoms with Gasteiger partial charge in [-0.2, -0.15) is 0 Å². The molecule has 1 N–H and O–H groups in total. The molecule has 1 rings (SSSR count). The SMILES string of the molecule is C#CCSCCNC(CC)c1ccco1. The molecule has 0 saturated heterocycles. The monoisotopic (exact) mass is 223 g/mol. The Hall–Kier alpha value is -0.850. The summed E-state index contributed by atoms with van der Waals surface area (Å²) in [7, 11) is 0. The summed E-state index contributed by atoms with van der Waals surface area (Å²) in [5, 5.41) is 3.45. The Morgan fingerprint density at radius 2 is 2.53 bits per heavy atom. The minimum absolute atomic E-state index is 0.325. The van der Waals surface area contributed by atoms with Gasteiger partial charge in [0.05, 0.1) is 18.1 Å². The molecule has 0 bridgehead atoms. The van der Waals surface area contributed by atoms with E-state index in [1.54, 1.807) is 18.0 Å². The average Bonchev–Trinajstić information content (AvgIpc) is 2.77. The van der Waals surface area contributed by atoms with Crippen LogP contribution in [0, 0.1) is 12.3 Å². The minimum Gasteiger partial charge on any atom is -0.468 e. The molecule has 1 aromatic rings. The highest BCUT2D eigenvalue weighted by atomic mass is 32.2. The van der Waals surface area contributed by atoms with Crippen LogP contribution in [-0.2, 0) is 0 Å². The van der Waals surface area contributed by atoms with Crippen LogP contribution in [0.2, 0.25) is 0 Å². The summed E-state index contributed by atoms with van der Waals surface area (Å²) in [4.78, 5) is 0. The molecule has 82 valence electrons. The summed E-state index contributed by atoms with van der Waals surface area (Å²) >= 11 is 1.77. The lowest BCUT2D eigenvalue weighted by Gasteiger charge is -2.13. The fourth-order valence-electron chi connectivity index (χ4n) is 1.37. The second-order valence-electron chi connectivity index (χ2n) is 3.19. The second-order valence-corrected chi connectivity index (χ2v) is 4.29. The molecule has 0 saturated carbocycles. The third-order valence-corrected chi connectivity index (χ3v) is 2.98. The van der Waals surface area contributed by atoms with Crippen LogP contribution in [0.25, 0.3) is 0 Å². The van der Waals surface area contributed by atoms with Gasteiger partial charge in [-0.05, 0) is 18.6 Å². The van der Waals surface area contributed by atoms with Crippen LogP contribution >= 0.6 is 11.8 Å². The van der Waals surface area contributed by atoms with E-state index in [2.05, 4.69) is 18.2 Å². The zero-order chi connectivity index (χ0) is 10.9. The van der Waals surface area contributed by atoms with Crippen LogP contribution in [0.4, 0.5) is 0 Å². The summed E-state index contributed by atoms with van der Waals surface area (Å²) in [5.41, 5.74) is 0. The number of rotatable bonds is 7. The zero-order valence-electron chi connectivity index (χ0n) is 9.03. The van der Waals surface area contributed by atoms with Gasteiger partial charge in [-0.1, -0.05) is 12.8 Å². The van der Waals surface area contributed by atoms with Crippen LogP contribution < -0.4 is 5.32 Å². The van der Waals surface area contributed by atoms with Crippen molar-refractivity contribution >= 4 is 11.8 Å². The summed E-state index contributed by atoms with van der Waals surface area (Å²) in [5.74, 6) is 5.46. The molecule has 0 aromatic carbocycles. The van der Waals surface area contributed by atoms with E-state index < -0.39 is 0 Å². The molecule has 3 heteroatoms. The maximum atomic E-state index is 5.36. The highest BCUT2D eigenvalue weighted by molar-refractivity contribution is 7.99. The Kier molecular flexibility index (Phi) is 6.06. The molecule has 0 aliphatic heterocycles. The first kappa shape index (κ1) is 12.2. The van der Waals surface area contributed by atoms with Crippen molar-refractivity contribution < 1.29 is 4.42 Å². The zero-order valence-corrected chi connectivity index (χ0v) is 9.85. The highest BCUT2D eigenvalue weighted by Crippen LogP contribution is 2.16. The third-order valence-electron chi connectivity index (χ3n) is 2.12. The van der Waals surface area contributed by atoms with Crippen LogP contribution in [0.3, 0.4) is 0 Å². The molecule has 0 radical (unpaired) electrons. The number of hydrogen-bond acceptors (Lipinski definition) is 3. The van der Waals surface area contributed by atoms with E-state index in [0.717, 1.165) is 30.2 Å². The van der Waals surface area contributed by atoms with Crippen LogP contribution in [0.5, 0.6) is 0 Å². The van der Waals surface area contributed by atoms with Gasteiger partial charge in [0.25, 0.3) is 0 Å². The molecule has 0 aliphatic carbocycles. The molecule has 1 unspecified atom stereocenters. The van der Waals surface area contributed by atoms with Crippen molar-refractivity contribution in [3.63, 3.8) is 0 Å². The van der Waals surface area contributed by atoms with E-state index >= 15 is 0 Å². The molecule has 1 aromatic heterocycles. The Balaban J connectivity index is 2.21. The van der Waals surface area contributed by atoms with Gasteiger partial charge in [0.2, 0.25) is 0 Å². The molecule has 1 atom stereocenters. The predicted molar refractivity (Wildman–Crippen MR) is 65.9 cm³/mol. The molecule has 15 heavy (non-hydrogen) atoms. The van der Waals surface area contributed by atoms with Crippen molar-refractivity contribution in [2.24, 2.45) is 0 Å². The van der Waals surface area contributed by atoms with Crippen molar-refractivity contribution in [1.29, 1.82) is 0 Å². The minimum atomic E-state index is 0.325. The van der Waals surface area contributed by atoms with Gasteiger partial charge in [0.1, 0.15) is 5.76 Å². The summed E-state index contributed by atoms with van der Waals surface area (Å²) in [6, 6.07) is 4.26. The van der Waals surface area contributed by atoms with Gasteiger partial charge in [-0.15, -0.1) is 18.2 Å². The summed E-state index contributed by atoms with van der Waals surface area (Å²) in [6.45, 7) is 3.11. The first-order valence-corrected chi connectivity index (χ1v) is 6.32. The van der Waals surface area contributed by atoms with E-state index in [1.165, 1.54) is 0 Å². The Labute approximate surface area is 95.8 Å². The van der Waals surface area contributed by atoms with Crippen molar-refractivity contribution in [2.45, 2.75) is 19.4 Å². The van der Waals surface area contributed by atoms with E-state index in [4.69, 9.17) is 10.8 Å². The van der Waals surface area contributed by atoms with Gasteiger partial charge in [0, 0.05) is 12.3 Å². The quantitative estimate of drug-likeness (QED) is 0.568. The Bertz CT molecular complexity index is 289. The van der Waals surface area contributed by atoms with Crippen molar-refractivity contribution in [3.8, 4) is 12.3 Å². The largest absolute Gasteiger partial charge is 0.468 e. The number of furan rings is 1. The summed E-state index contributed by atoms with van der Waals surface area (Å²) in [6.07, 6.45) is 7.92. The lowest BCUT2D eigenvalue weighted by atomic mass is 10.2. The molecule has 0 amide bonds. The molecular formula is C12H17NOS. The lowest BCUT2D eigenvalue weighted by molar-refractivity contribution is 0.411. The van der Waals surface area contributed by atoms with Crippen LogP contribution in [0.15, 0.2) is 22.8 Å². The lowest BCUT2D eigenvalue weighted by Crippen LogP contribution is -2.22. The van der Waals surface area contributed by atoms with Crippen molar-refractivity contribution in [1.82, 2.24) is 5.32 Å². The maximum absolute atomic E-state index is 5.36. The van der Waals surface area contributed by atoms with Gasteiger partial charge >= 0.3 is 0 Å². The van der Waals surface area contributed by atoms with Gasteiger partial charge < -0.3 is 9.73 Å². The van der Waals surface area contributed by atoms with Crippen LogP contribution in [-0.4, -0.2) is 18.1 Å². The normalized spacial score (nSPS) is 12.3. The topological polar surface area (TPSA) is 25.2 Å². The number of nitrogens with one attached hydrogen (secondary N) is 1. The summed E-state index contributed by atoms with van der Waals surface area (Å²) < 4.78 is 5.36. The van der Waals surface area contributed by atoms with Crippen LogP contribution in [0.1, 0.15) is 25.1 Å². The molecule has 2 nitrogen and oxygen atoms in total. The van der Waals surface area contributed by atoms with E-state index in [9.17, 15) is 0 Å². The number of hydrogen-bond donors (Lipinski definition) is 1. The van der Waals surface area contributed by atoms with Crippen molar-refractivity contribution in [2.75, 3.05) is 18.1 Å².